The van der Waals surface area contributed by atoms with Crippen LogP contribution in [0.2, 0.25) is 0 Å². The molecular formula is C16H29N3O2. The molecule has 21 heavy (non-hydrogen) atoms. The van der Waals surface area contributed by atoms with Crippen LogP contribution in [0.15, 0.2) is 17.1 Å². The predicted octanol–water partition coefficient (Wildman–Crippen LogP) is 2.38. The van der Waals surface area contributed by atoms with Crippen LogP contribution in [0.25, 0.3) is 0 Å². The van der Waals surface area contributed by atoms with E-state index < -0.39 is 0 Å². The smallest absolute Gasteiger partial charge is 0.305 e. The Labute approximate surface area is 128 Å². The van der Waals surface area contributed by atoms with Gasteiger partial charge >= 0.3 is 5.97 Å². The van der Waals surface area contributed by atoms with Crippen LogP contribution >= 0.6 is 0 Å². The summed E-state index contributed by atoms with van der Waals surface area (Å²) in [6.07, 6.45) is 11.3. The number of hydrogen-bond donors (Lipinski definition) is 2. The van der Waals surface area contributed by atoms with Crippen molar-refractivity contribution in [3.05, 3.63) is 12.2 Å². The maximum atomic E-state index is 11.2. The number of nitrogens with one attached hydrogen (secondary N) is 2. The average molecular weight is 295 g/mol. The van der Waals surface area contributed by atoms with Crippen molar-refractivity contribution in [1.82, 2.24) is 10.6 Å². The maximum Gasteiger partial charge on any atom is 0.305 e. The van der Waals surface area contributed by atoms with Crippen molar-refractivity contribution in [2.45, 2.75) is 57.9 Å². The van der Waals surface area contributed by atoms with Gasteiger partial charge in [0.15, 0.2) is 5.96 Å². The van der Waals surface area contributed by atoms with Crippen LogP contribution in [0.1, 0.15) is 51.9 Å². The van der Waals surface area contributed by atoms with Crippen molar-refractivity contribution >= 4 is 11.9 Å². The van der Waals surface area contributed by atoms with E-state index in [4.69, 9.17) is 4.74 Å². The van der Waals surface area contributed by atoms with Gasteiger partial charge in [-0.25, -0.2) is 0 Å². The van der Waals surface area contributed by atoms with Crippen LogP contribution in [-0.2, 0) is 9.53 Å². The number of unbranched alkanes of at least 4 members (excludes halogenated alkanes) is 3. The van der Waals surface area contributed by atoms with E-state index in [9.17, 15) is 4.79 Å². The molecule has 120 valence electrons. The third kappa shape index (κ3) is 8.38. The van der Waals surface area contributed by atoms with Crippen molar-refractivity contribution in [1.29, 1.82) is 0 Å². The Morgan fingerprint density at radius 3 is 2.62 bits per heavy atom. The predicted molar refractivity (Wildman–Crippen MR) is 86.4 cm³/mol. The minimum atomic E-state index is -0.0783. The molecule has 1 rings (SSSR count). The van der Waals surface area contributed by atoms with E-state index >= 15 is 0 Å². The molecule has 0 aromatic rings. The average Bonchev–Trinajstić information content (AvgIpc) is 2.98. The zero-order valence-corrected chi connectivity index (χ0v) is 13.4. The first-order valence-electron chi connectivity index (χ1n) is 8.04. The molecule has 0 radical (unpaired) electrons. The second-order valence-corrected chi connectivity index (χ2v) is 5.25. The second kappa shape index (κ2) is 11.2. The monoisotopic (exact) mass is 295 g/mol. The van der Waals surface area contributed by atoms with E-state index in [1.165, 1.54) is 0 Å². The standard InChI is InChI=1S/C16H29N3O2/c1-3-21-15(20)12-6-4-5-9-13-18-16(17-2)19-14-10-7-8-11-14/h7-8,14H,3-6,9-13H2,1-2H3,(H2,17,18,19). The van der Waals surface area contributed by atoms with Gasteiger partial charge in [-0.15, -0.1) is 0 Å². The van der Waals surface area contributed by atoms with Gasteiger partial charge in [-0.1, -0.05) is 25.0 Å². The molecule has 0 atom stereocenters. The fourth-order valence-electron chi connectivity index (χ4n) is 2.31. The molecule has 2 N–H and O–H groups in total. The third-order valence-corrected chi connectivity index (χ3v) is 3.48. The lowest BCUT2D eigenvalue weighted by Gasteiger charge is -2.16. The van der Waals surface area contributed by atoms with E-state index in [0.29, 0.717) is 19.1 Å². The largest absolute Gasteiger partial charge is 0.466 e. The Morgan fingerprint density at radius 1 is 1.24 bits per heavy atom. The van der Waals surface area contributed by atoms with Gasteiger partial charge in [0.1, 0.15) is 0 Å². The minimum Gasteiger partial charge on any atom is -0.466 e. The van der Waals surface area contributed by atoms with Gasteiger partial charge in [-0.3, -0.25) is 9.79 Å². The number of carbonyl (C=O) groups is 1. The maximum absolute atomic E-state index is 11.2. The Kier molecular flexibility index (Phi) is 9.33. The third-order valence-electron chi connectivity index (χ3n) is 3.48. The summed E-state index contributed by atoms with van der Waals surface area (Å²) in [4.78, 5) is 15.4. The lowest BCUT2D eigenvalue weighted by molar-refractivity contribution is -0.143. The summed E-state index contributed by atoms with van der Waals surface area (Å²) in [6.45, 7) is 3.23. The zero-order valence-electron chi connectivity index (χ0n) is 13.4. The molecule has 0 amide bonds. The highest BCUT2D eigenvalue weighted by Gasteiger charge is 2.10. The van der Waals surface area contributed by atoms with Gasteiger partial charge < -0.3 is 15.4 Å². The topological polar surface area (TPSA) is 62.7 Å². The Hall–Kier alpha value is -1.52. The van der Waals surface area contributed by atoms with Crippen LogP contribution in [-0.4, -0.2) is 38.2 Å². The van der Waals surface area contributed by atoms with Crippen LogP contribution in [0.3, 0.4) is 0 Å². The number of guanidine groups is 1. The highest BCUT2D eigenvalue weighted by molar-refractivity contribution is 5.80. The van der Waals surface area contributed by atoms with Crippen LogP contribution in [0, 0.1) is 0 Å². The molecule has 0 aliphatic heterocycles. The molecule has 5 heteroatoms. The van der Waals surface area contributed by atoms with E-state index in [1.807, 2.05) is 6.92 Å². The number of carbonyl (C=O) groups excluding carboxylic acids is 1. The summed E-state index contributed by atoms with van der Waals surface area (Å²) in [7, 11) is 1.80. The van der Waals surface area contributed by atoms with Crippen molar-refractivity contribution in [2.24, 2.45) is 4.99 Å². The van der Waals surface area contributed by atoms with Crippen molar-refractivity contribution in [3.8, 4) is 0 Å². The van der Waals surface area contributed by atoms with Crippen LogP contribution < -0.4 is 10.6 Å². The number of aliphatic imine (C=N–C) groups is 1. The van der Waals surface area contributed by atoms with E-state index in [0.717, 1.165) is 51.0 Å². The van der Waals surface area contributed by atoms with Crippen molar-refractivity contribution in [2.75, 3.05) is 20.2 Å². The Bertz CT molecular complexity index is 345. The minimum absolute atomic E-state index is 0.0783. The van der Waals surface area contributed by atoms with E-state index in [-0.39, 0.29) is 5.97 Å². The molecule has 0 heterocycles. The lowest BCUT2D eigenvalue weighted by Crippen LogP contribution is -2.42. The van der Waals surface area contributed by atoms with Crippen LogP contribution in [0.5, 0.6) is 0 Å². The number of ether oxygens (including phenoxy) is 1. The molecular weight excluding hydrogens is 266 g/mol. The molecule has 0 saturated carbocycles. The number of rotatable bonds is 9. The summed E-state index contributed by atoms with van der Waals surface area (Å²) in [5, 5.41) is 6.75. The molecule has 0 fully saturated rings. The summed E-state index contributed by atoms with van der Waals surface area (Å²) in [5.41, 5.74) is 0. The fourth-order valence-corrected chi connectivity index (χ4v) is 2.31. The molecule has 1 aliphatic carbocycles. The zero-order chi connectivity index (χ0) is 15.3. The molecule has 0 saturated heterocycles. The van der Waals surface area contributed by atoms with Gasteiger partial charge in [0, 0.05) is 26.1 Å². The number of hydrogen-bond acceptors (Lipinski definition) is 3. The first-order chi connectivity index (χ1) is 10.3. The Morgan fingerprint density at radius 2 is 1.95 bits per heavy atom. The first-order valence-corrected chi connectivity index (χ1v) is 8.04. The molecule has 0 aromatic heterocycles. The molecule has 0 aromatic carbocycles. The van der Waals surface area contributed by atoms with Crippen molar-refractivity contribution in [3.63, 3.8) is 0 Å². The molecule has 5 nitrogen and oxygen atoms in total. The molecule has 1 aliphatic rings. The summed E-state index contributed by atoms with van der Waals surface area (Å²) < 4.78 is 4.90. The molecule has 0 unspecified atom stereocenters. The van der Waals surface area contributed by atoms with E-state index in [2.05, 4.69) is 27.8 Å². The molecule has 0 spiro atoms. The summed E-state index contributed by atoms with van der Waals surface area (Å²) >= 11 is 0. The summed E-state index contributed by atoms with van der Waals surface area (Å²) in [6, 6.07) is 0.487. The van der Waals surface area contributed by atoms with Gasteiger partial charge in [0.25, 0.3) is 0 Å². The summed E-state index contributed by atoms with van der Waals surface area (Å²) in [5.74, 6) is 0.806. The van der Waals surface area contributed by atoms with Crippen molar-refractivity contribution < 1.29 is 9.53 Å². The van der Waals surface area contributed by atoms with Gasteiger partial charge in [0.2, 0.25) is 0 Å². The SMILES string of the molecule is CCOC(=O)CCCCCCNC(=NC)NC1CC=CC1. The molecule has 0 bridgehead atoms. The van der Waals surface area contributed by atoms with Gasteiger partial charge in [0.05, 0.1) is 6.61 Å². The number of esters is 1. The highest BCUT2D eigenvalue weighted by atomic mass is 16.5. The Balaban J connectivity index is 1.96. The lowest BCUT2D eigenvalue weighted by atomic mass is 10.1. The second-order valence-electron chi connectivity index (χ2n) is 5.25. The first kappa shape index (κ1) is 17.5. The van der Waals surface area contributed by atoms with E-state index in [1.54, 1.807) is 7.05 Å². The quantitative estimate of drug-likeness (QED) is 0.225. The normalized spacial score (nSPS) is 15.2. The number of nitrogens with zero attached hydrogens (tertiary/aromatic N) is 1. The van der Waals surface area contributed by atoms with Crippen LogP contribution in [0.4, 0.5) is 0 Å². The fraction of sp³-hybridized carbons (Fsp3) is 0.750. The van der Waals surface area contributed by atoms with Gasteiger partial charge in [-0.05, 0) is 32.6 Å². The van der Waals surface area contributed by atoms with Gasteiger partial charge in [-0.2, -0.15) is 0 Å². The highest BCUT2D eigenvalue weighted by Crippen LogP contribution is 2.08.